The van der Waals surface area contributed by atoms with E-state index in [4.69, 9.17) is 26.2 Å². The van der Waals surface area contributed by atoms with Gasteiger partial charge in [0.2, 0.25) is 5.91 Å². The number of aromatic nitrogens is 2. The van der Waals surface area contributed by atoms with Gasteiger partial charge in [-0.15, -0.1) is 11.8 Å². The highest BCUT2D eigenvalue weighted by atomic mass is 35.5. The number of carbonyl (C=O) groups excluding carboxylic acids is 1. The highest BCUT2D eigenvalue weighted by molar-refractivity contribution is 8.00. The molecule has 0 aliphatic carbocycles. The fourth-order valence-electron chi connectivity index (χ4n) is 4.28. The Bertz CT molecular complexity index is 1320. The van der Waals surface area contributed by atoms with Gasteiger partial charge in [-0.3, -0.25) is 14.5 Å². The lowest BCUT2D eigenvalue weighted by Crippen LogP contribution is -2.38. The molecule has 1 amide bonds. The number of anilines is 1. The molecule has 0 radical (unpaired) electrons. The van der Waals surface area contributed by atoms with E-state index in [0.717, 1.165) is 16.8 Å². The van der Waals surface area contributed by atoms with Crippen LogP contribution >= 0.6 is 23.4 Å². The maximum absolute atomic E-state index is 13.4. The third-order valence-electron chi connectivity index (χ3n) is 5.86. The monoisotopic (exact) mass is 529 g/mol. The second-order valence-electron chi connectivity index (χ2n) is 9.41. The molecule has 10 heteroatoms. The number of rotatable bonds is 6. The van der Waals surface area contributed by atoms with Crippen LogP contribution in [0.15, 0.2) is 42.5 Å². The zero-order valence-electron chi connectivity index (χ0n) is 20.7. The van der Waals surface area contributed by atoms with E-state index in [2.05, 4.69) is 0 Å². The van der Waals surface area contributed by atoms with Crippen LogP contribution in [0.5, 0.6) is 11.5 Å². The zero-order valence-corrected chi connectivity index (χ0v) is 22.3. The van der Waals surface area contributed by atoms with E-state index in [9.17, 15) is 14.7 Å². The van der Waals surface area contributed by atoms with Gasteiger partial charge >= 0.3 is 5.97 Å². The van der Waals surface area contributed by atoms with E-state index in [0.29, 0.717) is 28.0 Å². The molecule has 3 aromatic rings. The van der Waals surface area contributed by atoms with Crippen LogP contribution in [0.1, 0.15) is 42.8 Å². The number of hydrogen-bond acceptors (Lipinski definition) is 6. The highest BCUT2D eigenvalue weighted by Crippen LogP contribution is 2.49. The summed E-state index contributed by atoms with van der Waals surface area (Å²) in [6, 6.07) is 12.8. The number of aliphatic carboxylic acids is 1. The molecule has 0 fully saturated rings. The molecule has 1 unspecified atom stereocenters. The lowest BCUT2D eigenvalue weighted by molar-refractivity contribution is -0.136. The van der Waals surface area contributed by atoms with Gasteiger partial charge in [0.25, 0.3) is 0 Å². The van der Waals surface area contributed by atoms with E-state index in [1.54, 1.807) is 37.1 Å². The predicted molar refractivity (Wildman–Crippen MR) is 141 cm³/mol. The van der Waals surface area contributed by atoms with E-state index < -0.39 is 17.9 Å². The summed E-state index contributed by atoms with van der Waals surface area (Å²) in [5.74, 6) is 0.263. The second kappa shape index (κ2) is 10.1. The van der Waals surface area contributed by atoms with E-state index in [1.807, 2.05) is 45.0 Å². The number of thioether (sulfide) groups is 1. The molecule has 4 rings (SSSR count). The van der Waals surface area contributed by atoms with Gasteiger partial charge in [-0.1, -0.05) is 44.5 Å². The molecule has 1 aliphatic rings. The van der Waals surface area contributed by atoms with Crippen LogP contribution in [0.4, 0.5) is 5.82 Å². The average molecular weight is 530 g/mol. The number of carbonyl (C=O) groups is 2. The molecule has 1 aromatic heterocycles. The predicted octanol–water partition coefficient (Wildman–Crippen LogP) is 5.09. The van der Waals surface area contributed by atoms with Crippen molar-refractivity contribution in [2.75, 3.05) is 31.4 Å². The first-order valence-electron chi connectivity index (χ1n) is 11.3. The van der Waals surface area contributed by atoms with Crippen molar-refractivity contribution in [2.24, 2.45) is 0 Å². The lowest BCUT2D eigenvalue weighted by Gasteiger charge is -2.24. The van der Waals surface area contributed by atoms with Crippen LogP contribution in [0.2, 0.25) is 5.02 Å². The maximum atomic E-state index is 13.4. The van der Waals surface area contributed by atoms with Crippen molar-refractivity contribution >= 4 is 41.1 Å². The second-order valence-corrected chi connectivity index (χ2v) is 10.9. The summed E-state index contributed by atoms with van der Waals surface area (Å²) >= 11 is 7.73. The van der Waals surface area contributed by atoms with Crippen LogP contribution in [-0.2, 0) is 15.0 Å². The first kappa shape index (κ1) is 25.9. The van der Waals surface area contributed by atoms with Crippen LogP contribution in [0, 0.1) is 0 Å². The third-order valence-corrected chi connectivity index (χ3v) is 7.35. The molecule has 1 N–H and O–H groups in total. The molecule has 0 saturated heterocycles. The number of carboxylic acids is 1. The molecule has 8 nitrogen and oxygen atoms in total. The highest BCUT2D eigenvalue weighted by Gasteiger charge is 2.40. The molecule has 0 spiro atoms. The Labute approximate surface area is 219 Å². The van der Waals surface area contributed by atoms with Gasteiger partial charge < -0.3 is 14.6 Å². The molecule has 2 heterocycles. The smallest absolute Gasteiger partial charge is 0.323 e. The Morgan fingerprint density at radius 3 is 2.50 bits per heavy atom. The van der Waals surface area contributed by atoms with Gasteiger partial charge in [-0.25, -0.2) is 4.68 Å². The molecule has 1 aliphatic heterocycles. The SMILES string of the molecule is COc1ccc(C2SCC(=O)N(CC(=O)O)c3c2c(C(C)(C)C)nn3-c2cccc(Cl)c2)cc1OC. The van der Waals surface area contributed by atoms with Gasteiger partial charge in [-0.2, -0.15) is 5.10 Å². The number of halogens is 1. The Kier molecular flexibility index (Phi) is 7.24. The molecule has 0 bridgehead atoms. The Hall–Kier alpha value is -3.17. The lowest BCUT2D eigenvalue weighted by atomic mass is 9.87. The number of hydrogen-bond donors (Lipinski definition) is 1. The van der Waals surface area contributed by atoms with Gasteiger partial charge in [0.05, 0.1) is 36.6 Å². The molecular weight excluding hydrogens is 502 g/mol. The van der Waals surface area contributed by atoms with Crippen molar-refractivity contribution in [1.82, 2.24) is 9.78 Å². The van der Waals surface area contributed by atoms with E-state index >= 15 is 0 Å². The van der Waals surface area contributed by atoms with Crippen LogP contribution in [-0.4, -0.2) is 53.3 Å². The molecule has 1 atom stereocenters. The maximum Gasteiger partial charge on any atom is 0.323 e. The van der Waals surface area contributed by atoms with Gasteiger partial charge in [0.1, 0.15) is 12.4 Å². The number of amides is 1. The quantitative estimate of drug-likeness (QED) is 0.475. The number of methoxy groups -OCH3 is 2. The summed E-state index contributed by atoms with van der Waals surface area (Å²) in [5, 5.41) is 14.9. The van der Waals surface area contributed by atoms with Gasteiger partial charge in [0.15, 0.2) is 11.5 Å². The molecule has 2 aromatic carbocycles. The van der Waals surface area contributed by atoms with Gasteiger partial charge in [0, 0.05) is 16.0 Å². The van der Waals surface area contributed by atoms with Crippen molar-refractivity contribution in [3.63, 3.8) is 0 Å². The molecule has 36 heavy (non-hydrogen) atoms. The van der Waals surface area contributed by atoms with Crippen molar-refractivity contribution in [2.45, 2.75) is 31.4 Å². The zero-order chi connectivity index (χ0) is 26.2. The van der Waals surface area contributed by atoms with E-state index in [-0.39, 0.29) is 16.9 Å². The Morgan fingerprint density at radius 1 is 1.17 bits per heavy atom. The van der Waals surface area contributed by atoms with E-state index in [1.165, 1.54) is 16.7 Å². The number of nitrogens with zero attached hydrogens (tertiary/aromatic N) is 3. The van der Waals surface area contributed by atoms with Gasteiger partial charge in [-0.05, 0) is 35.9 Å². The average Bonchev–Trinajstić information content (AvgIpc) is 3.17. The summed E-state index contributed by atoms with van der Waals surface area (Å²) in [4.78, 5) is 26.5. The normalized spacial score (nSPS) is 15.9. The van der Waals surface area contributed by atoms with Crippen molar-refractivity contribution in [1.29, 1.82) is 0 Å². The number of carboxylic acid groups (broad SMARTS) is 1. The van der Waals surface area contributed by atoms with Crippen LogP contribution in [0.25, 0.3) is 5.69 Å². The topological polar surface area (TPSA) is 93.9 Å². The summed E-state index contributed by atoms with van der Waals surface area (Å²) in [5.41, 5.74) is 2.66. The summed E-state index contributed by atoms with van der Waals surface area (Å²) in [6.07, 6.45) is 0. The summed E-state index contributed by atoms with van der Waals surface area (Å²) in [7, 11) is 3.15. The Morgan fingerprint density at radius 2 is 1.89 bits per heavy atom. The minimum Gasteiger partial charge on any atom is -0.493 e. The minimum atomic E-state index is -1.11. The first-order chi connectivity index (χ1) is 17.0. The van der Waals surface area contributed by atoms with Crippen LogP contribution in [0.3, 0.4) is 0 Å². The minimum absolute atomic E-state index is 0.0973. The third kappa shape index (κ3) is 4.90. The number of ether oxygens (including phenoxy) is 2. The summed E-state index contributed by atoms with van der Waals surface area (Å²) in [6.45, 7) is 5.65. The molecule has 0 saturated carbocycles. The Balaban J connectivity index is 2.06. The molecular formula is C26H28ClN3O5S. The standard InChI is InChI=1S/C26H28ClN3O5S/c1-26(2,3)24-22-23(15-9-10-18(34-4)19(11-15)35-5)36-14-20(31)29(13-21(32)33)25(22)30(28-24)17-8-6-7-16(27)12-17/h6-12,23H,13-14H2,1-5H3,(H,32,33). The fourth-order valence-corrected chi connectivity index (χ4v) is 5.65. The molecule has 190 valence electrons. The first-order valence-corrected chi connectivity index (χ1v) is 12.7. The van der Waals surface area contributed by atoms with Crippen LogP contribution < -0.4 is 14.4 Å². The van der Waals surface area contributed by atoms with Crippen molar-refractivity contribution in [3.8, 4) is 17.2 Å². The van der Waals surface area contributed by atoms with Crippen molar-refractivity contribution in [3.05, 3.63) is 64.3 Å². The van der Waals surface area contributed by atoms with Crippen molar-refractivity contribution < 1.29 is 24.2 Å². The largest absolute Gasteiger partial charge is 0.493 e. The summed E-state index contributed by atoms with van der Waals surface area (Å²) < 4.78 is 12.6. The number of fused-ring (bicyclic) bond motifs is 1. The fraction of sp³-hybridized carbons (Fsp3) is 0.346. The number of benzene rings is 2.